The second-order valence-electron chi connectivity index (χ2n) is 5.56. The molecule has 1 fully saturated rings. The SMILES string of the molecule is CN1CCC(NC(=O)C=Cc2c[nH]c3ncccc23)CC1. The molecule has 3 rings (SSSR count). The molecule has 5 nitrogen and oxygen atoms in total. The van der Waals surface area contributed by atoms with E-state index in [0.717, 1.165) is 42.5 Å². The van der Waals surface area contributed by atoms with E-state index in [1.165, 1.54) is 0 Å². The number of aromatic amines is 1. The third-order valence-corrected chi connectivity index (χ3v) is 3.96. The van der Waals surface area contributed by atoms with Crippen LogP contribution in [0, 0.1) is 0 Å². The predicted octanol–water partition coefficient (Wildman–Crippen LogP) is 1.79. The maximum absolute atomic E-state index is 12.0. The van der Waals surface area contributed by atoms with Crippen LogP contribution in [0.3, 0.4) is 0 Å². The highest BCUT2D eigenvalue weighted by atomic mass is 16.1. The van der Waals surface area contributed by atoms with E-state index in [2.05, 4.69) is 27.2 Å². The van der Waals surface area contributed by atoms with Gasteiger partial charge in [-0.15, -0.1) is 0 Å². The molecule has 1 aliphatic rings. The van der Waals surface area contributed by atoms with E-state index < -0.39 is 0 Å². The van der Waals surface area contributed by atoms with Gasteiger partial charge in [0.05, 0.1) is 0 Å². The molecule has 1 aliphatic heterocycles. The van der Waals surface area contributed by atoms with Crippen molar-refractivity contribution >= 4 is 23.0 Å². The maximum atomic E-state index is 12.0. The van der Waals surface area contributed by atoms with Gasteiger partial charge < -0.3 is 15.2 Å². The smallest absolute Gasteiger partial charge is 0.244 e. The maximum Gasteiger partial charge on any atom is 0.244 e. The second-order valence-corrected chi connectivity index (χ2v) is 5.56. The van der Waals surface area contributed by atoms with E-state index in [-0.39, 0.29) is 5.91 Å². The Hall–Kier alpha value is -2.14. The summed E-state index contributed by atoms with van der Waals surface area (Å²) < 4.78 is 0. The first-order chi connectivity index (χ1) is 10.2. The Balaban J connectivity index is 1.62. The van der Waals surface area contributed by atoms with Crippen LogP contribution in [0.4, 0.5) is 0 Å². The van der Waals surface area contributed by atoms with Crippen molar-refractivity contribution in [3.63, 3.8) is 0 Å². The first-order valence-electron chi connectivity index (χ1n) is 7.31. The second kappa shape index (κ2) is 6.10. The van der Waals surface area contributed by atoms with Crippen LogP contribution in [0.5, 0.6) is 0 Å². The lowest BCUT2D eigenvalue weighted by atomic mass is 10.1. The molecule has 0 radical (unpaired) electrons. The van der Waals surface area contributed by atoms with Crippen molar-refractivity contribution in [3.8, 4) is 0 Å². The number of likely N-dealkylation sites (tertiary alicyclic amines) is 1. The summed E-state index contributed by atoms with van der Waals surface area (Å²) in [5, 5.41) is 4.10. The molecule has 5 heteroatoms. The zero-order valence-electron chi connectivity index (χ0n) is 12.2. The van der Waals surface area contributed by atoms with Crippen molar-refractivity contribution < 1.29 is 4.79 Å². The van der Waals surface area contributed by atoms with E-state index in [9.17, 15) is 4.79 Å². The van der Waals surface area contributed by atoms with Crippen LogP contribution in [-0.4, -0.2) is 47.0 Å². The van der Waals surface area contributed by atoms with Gasteiger partial charge >= 0.3 is 0 Å². The van der Waals surface area contributed by atoms with Gasteiger partial charge in [-0.2, -0.15) is 0 Å². The zero-order valence-corrected chi connectivity index (χ0v) is 12.2. The molecule has 0 spiro atoms. The highest BCUT2D eigenvalue weighted by Crippen LogP contribution is 2.16. The summed E-state index contributed by atoms with van der Waals surface area (Å²) in [6.07, 6.45) is 9.11. The number of hydrogen-bond donors (Lipinski definition) is 2. The number of rotatable bonds is 3. The monoisotopic (exact) mass is 284 g/mol. The minimum atomic E-state index is -0.0252. The molecule has 0 saturated carbocycles. The van der Waals surface area contributed by atoms with Gasteiger partial charge in [0.15, 0.2) is 0 Å². The molecule has 0 aliphatic carbocycles. The van der Waals surface area contributed by atoms with E-state index >= 15 is 0 Å². The van der Waals surface area contributed by atoms with E-state index in [0.29, 0.717) is 6.04 Å². The molecule has 110 valence electrons. The lowest BCUT2D eigenvalue weighted by molar-refractivity contribution is -0.117. The number of carbonyl (C=O) groups is 1. The van der Waals surface area contributed by atoms with Gasteiger partial charge in [-0.1, -0.05) is 0 Å². The van der Waals surface area contributed by atoms with Gasteiger partial charge in [0, 0.05) is 35.5 Å². The van der Waals surface area contributed by atoms with Crippen molar-refractivity contribution in [2.24, 2.45) is 0 Å². The fourth-order valence-corrected chi connectivity index (χ4v) is 2.68. The van der Waals surface area contributed by atoms with Crippen LogP contribution in [0.2, 0.25) is 0 Å². The summed E-state index contributed by atoms with van der Waals surface area (Å²) in [6.45, 7) is 2.09. The predicted molar refractivity (Wildman–Crippen MR) is 83.8 cm³/mol. The van der Waals surface area contributed by atoms with Crippen molar-refractivity contribution in [2.75, 3.05) is 20.1 Å². The van der Waals surface area contributed by atoms with E-state index in [4.69, 9.17) is 0 Å². The quantitative estimate of drug-likeness (QED) is 0.845. The number of pyridine rings is 1. The molecule has 2 aromatic heterocycles. The van der Waals surface area contributed by atoms with E-state index in [1.54, 1.807) is 12.3 Å². The van der Waals surface area contributed by atoms with Crippen LogP contribution < -0.4 is 5.32 Å². The number of piperidine rings is 1. The molecule has 3 heterocycles. The van der Waals surface area contributed by atoms with Crippen molar-refractivity contribution in [3.05, 3.63) is 36.2 Å². The Morgan fingerprint density at radius 3 is 3.10 bits per heavy atom. The largest absolute Gasteiger partial charge is 0.350 e. The van der Waals surface area contributed by atoms with Gasteiger partial charge in [0.25, 0.3) is 0 Å². The summed E-state index contributed by atoms with van der Waals surface area (Å²) in [7, 11) is 2.11. The third kappa shape index (κ3) is 3.31. The van der Waals surface area contributed by atoms with Crippen molar-refractivity contribution in [1.82, 2.24) is 20.2 Å². The topological polar surface area (TPSA) is 61.0 Å². The Morgan fingerprint density at radius 2 is 2.29 bits per heavy atom. The highest BCUT2D eigenvalue weighted by molar-refractivity contribution is 5.95. The minimum Gasteiger partial charge on any atom is -0.350 e. The van der Waals surface area contributed by atoms with Crippen LogP contribution in [0.1, 0.15) is 18.4 Å². The summed E-state index contributed by atoms with van der Waals surface area (Å²) in [4.78, 5) is 21.6. The zero-order chi connectivity index (χ0) is 14.7. The molecule has 0 aromatic carbocycles. The number of nitrogens with zero attached hydrogens (tertiary/aromatic N) is 2. The molecule has 2 N–H and O–H groups in total. The molecule has 0 atom stereocenters. The van der Waals surface area contributed by atoms with Gasteiger partial charge in [-0.25, -0.2) is 4.98 Å². The standard InChI is InChI=1S/C16H20N4O/c1-20-9-6-13(7-10-20)19-15(21)5-4-12-11-18-16-14(12)3-2-8-17-16/h2-5,8,11,13H,6-7,9-10H2,1H3,(H,17,18)(H,19,21). The molecule has 0 bridgehead atoms. The Bertz CT molecular complexity index is 653. The van der Waals surface area contributed by atoms with Crippen molar-refractivity contribution in [1.29, 1.82) is 0 Å². The lowest BCUT2D eigenvalue weighted by Gasteiger charge is -2.29. The van der Waals surface area contributed by atoms with Gasteiger partial charge in [0.2, 0.25) is 5.91 Å². The first kappa shape index (κ1) is 13.8. The Morgan fingerprint density at radius 1 is 1.48 bits per heavy atom. The number of carbonyl (C=O) groups excluding carboxylic acids is 1. The number of H-pyrrole nitrogens is 1. The Kier molecular flexibility index (Phi) is 4.01. The highest BCUT2D eigenvalue weighted by Gasteiger charge is 2.17. The average Bonchev–Trinajstić information content (AvgIpc) is 2.91. The fraction of sp³-hybridized carbons (Fsp3) is 0.375. The number of aromatic nitrogens is 2. The summed E-state index contributed by atoms with van der Waals surface area (Å²) in [5.41, 5.74) is 1.82. The third-order valence-electron chi connectivity index (χ3n) is 3.96. The molecular formula is C16H20N4O. The van der Waals surface area contributed by atoms with Crippen LogP contribution in [-0.2, 0) is 4.79 Å². The molecular weight excluding hydrogens is 264 g/mol. The first-order valence-corrected chi connectivity index (χ1v) is 7.31. The molecule has 1 amide bonds. The lowest BCUT2D eigenvalue weighted by Crippen LogP contribution is -2.42. The van der Waals surface area contributed by atoms with Crippen LogP contribution in [0.25, 0.3) is 17.1 Å². The summed E-state index contributed by atoms with van der Waals surface area (Å²) in [6, 6.07) is 4.18. The molecule has 2 aromatic rings. The van der Waals surface area contributed by atoms with E-state index in [1.807, 2.05) is 24.4 Å². The molecule has 21 heavy (non-hydrogen) atoms. The number of amides is 1. The van der Waals surface area contributed by atoms with Crippen molar-refractivity contribution in [2.45, 2.75) is 18.9 Å². The average molecular weight is 284 g/mol. The van der Waals surface area contributed by atoms with Crippen LogP contribution in [0.15, 0.2) is 30.6 Å². The number of fused-ring (bicyclic) bond motifs is 1. The van der Waals surface area contributed by atoms with Gasteiger partial charge in [-0.05, 0) is 51.2 Å². The minimum absolute atomic E-state index is 0.0252. The summed E-state index contributed by atoms with van der Waals surface area (Å²) >= 11 is 0. The van der Waals surface area contributed by atoms with Gasteiger partial charge in [-0.3, -0.25) is 4.79 Å². The molecule has 0 unspecified atom stereocenters. The fourth-order valence-electron chi connectivity index (χ4n) is 2.68. The summed E-state index contributed by atoms with van der Waals surface area (Å²) in [5.74, 6) is -0.0252. The number of hydrogen-bond acceptors (Lipinski definition) is 3. The van der Waals surface area contributed by atoms with Gasteiger partial charge in [0.1, 0.15) is 5.65 Å². The Labute approximate surface area is 124 Å². The van der Waals surface area contributed by atoms with Crippen LogP contribution >= 0.6 is 0 Å². The normalized spacial score (nSPS) is 17.6. The molecule has 1 saturated heterocycles. The number of nitrogens with one attached hydrogen (secondary N) is 2.